The van der Waals surface area contributed by atoms with Gasteiger partial charge < -0.3 is 10.6 Å². The number of nitriles is 1. The summed E-state index contributed by atoms with van der Waals surface area (Å²) in [4.78, 5) is 24.8. The van der Waals surface area contributed by atoms with E-state index in [2.05, 4.69) is 10.6 Å². The van der Waals surface area contributed by atoms with Crippen LogP contribution in [0.15, 0.2) is 72.8 Å². The van der Waals surface area contributed by atoms with Crippen molar-refractivity contribution in [2.75, 3.05) is 5.32 Å². The van der Waals surface area contributed by atoms with Crippen LogP contribution in [0, 0.1) is 11.3 Å². The Morgan fingerprint density at radius 3 is 2.18 bits per heavy atom. The molecule has 2 N–H and O–H groups in total. The van der Waals surface area contributed by atoms with E-state index in [9.17, 15) is 9.59 Å². The van der Waals surface area contributed by atoms with Crippen molar-refractivity contribution >= 4 is 29.1 Å². The summed E-state index contributed by atoms with van der Waals surface area (Å²) in [5, 5.41) is 15.0. The predicted molar refractivity (Wildman–Crippen MR) is 108 cm³/mol. The molecule has 3 aromatic carbocycles. The summed E-state index contributed by atoms with van der Waals surface area (Å²) >= 11 is 5.85. The van der Waals surface area contributed by atoms with E-state index >= 15 is 0 Å². The highest BCUT2D eigenvalue weighted by Gasteiger charge is 2.11. The quantitative estimate of drug-likeness (QED) is 0.678. The van der Waals surface area contributed by atoms with Crippen molar-refractivity contribution in [2.24, 2.45) is 0 Å². The Balaban J connectivity index is 1.65. The van der Waals surface area contributed by atoms with Crippen LogP contribution in [0.2, 0.25) is 5.02 Å². The van der Waals surface area contributed by atoms with E-state index in [4.69, 9.17) is 16.9 Å². The van der Waals surface area contributed by atoms with Gasteiger partial charge in [0.1, 0.15) is 0 Å². The van der Waals surface area contributed by atoms with Crippen LogP contribution in [0.1, 0.15) is 31.8 Å². The first kappa shape index (κ1) is 19.2. The van der Waals surface area contributed by atoms with Gasteiger partial charge in [0.15, 0.2) is 0 Å². The Bertz CT molecular complexity index is 1040. The molecule has 28 heavy (non-hydrogen) atoms. The largest absolute Gasteiger partial charge is 0.348 e. The first-order valence-electron chi connectivity index (χ1n) is 8.49. The summed E-state index contributed by atoms with van der Waals surface area (Å²) in [6.45, 7) is 0.359. The van der Waals surface area contributed by atoms with Gasteiger partial charge in [0, 0.05) is 28.4 Å². The summed E-state index contributed by atoms with van der Waals surface area (Å²) in [5.41, 5.74) is 2.76. The van der Waals surface area contributed by atoms with E-state index < -0.39 is 0 Å². The number of carbonyl (C=O) groups is 2. The van der Waals surface area contributed by atoms with Gasteiger partial charge in [0.05, 0.1) is 11.6 Å². The molecule has 138 valence electrons. The smallest absolute Gasteiger partial charge is 0.255 e. The molecule has 0 saturated carbocycles. The molecule has 0 aliphatic rings. The molecule has 6 heteroatoms. The molecular weight excluding hydrogens is 374 g/mol. The molecule has 0 aliphatic carbocycles. The molecular formula is C22H16ClN3O2. The third-order valence-corrected chi connectivity index (χ3v) is 4.28. The second-order valence-electron chi connectivity index (χ2n) is 6.03. The molecule has 0 heterocycles. The summed E-state index contributed by atoms with van der Waals surface area (Å²) in [6, 6.07) is 22.2. The van der Waals surface area contributed by atoms with Crippen LogP contribution in [0.5, 0.6) is 0 Å². The molecule has 0 bridgehead atoms. The van der Waals surface area contributed by atoms with E-state index in [1.165, 1.54) is 6.07 Å². The second kappa shape index (κ2) is 8.85. The van der Waals surface area contributed by atoms with Gasteiger partial charge in [-0.3, -0.25) is 9.59 Å². The lowest BCUT2D eigenvalue weighted by atomic mass is 10.1. The standard InChI is InChI=1S/C22H16ClN3O2/c23-19-8-4-16(5-9-19)14-25-21(27)17-2-1-3-18(12-17)22(28)26-20-10-6-15(13-24)7-11-20/h1-12H,14H2,(H,25,27)(H,26,28). The zero-order valence-electron chi connectivity index (χ0n) is 14.8. The van der Waals surface area contributed by atoms with E-state index in [0.29, 0.717) is 33.9 Å². The molecule has 0 aliphatic heterocycles. The SMILES string of the molecule is N#Cc1ccc(NC(=O)c2cccc(C(=O)NCc3ccc(Cl)cc3)c2)cc1. The van der Waals surface area contributed by atoms with Gasteiger partial charge in [-0.15, -0.1) is 0 Å². The number of nitrogens with one attached hydrogen (secondary N) is 2. The summed E-state index contributed by atoms with van der Waals surface area (Å²) < 4.78 is 0. The van der Waals surface area contributed by atoms with Crippen molar-refractivity contribution in [3.63, 3.8) is 0 Å². The van der Waals surface area contributed by atoms with Crippen LogP contribution >= 0.6 is 11.6 Å². The van der Waals surface area contributed by atoms with Gasteiger partial charge in [-0.25, -0.2) is 0 Å². The van der Waals surface area contributed by atoms with Crippen molar-refractivity contribution in [3.8, 4) is 6.07 Å². The molecule has 0 spiro atoms. The molecule has 0 radical (unpaired) electrons. The van der Waals surface area contributed by atoms with Crippen molar-refractivity contribution in [1.82, 2.24) is 5.32 Å². The maximum atomic E-state index is 12.4. The third kappa shape index (κ3) is 4.97. The van der Waals surface area contributed by atoms with Crippen LogP contribution in [0.3, 0.4) is 0 Å². The zero-order chi connectivity index (χ0) is 19.9. The van der Waals surface area contributed by atoms with Crippen LogP contribution in [0.25, 0.3) is 0 Å². The Hall–Kier alpha value is -3.62. The predicted octanol–water partition coefficient (Wildman–Crippen LogP) is 4.39. The van der Waals surface area contributed by atoms with Crippen molar-refractivity contribution in [1.29, 1.82) is 5.26 Å². The topological polar surface area (TPSA) is 82.0 Å². The van der Waals surface area contributed by atoms with Gasteiger partial charge in [-0.1, -0.05) is 29.8 Å². The Morgan fingerprint density at radius 2 is 1.54 bits per heavy atom. The van der Waals surface area contributed by atoms with Crippen LogP contribution in [-0.4, -0.2) is 11.8 Å². The molecule has 2 amide bonds. The number of hydrogen-bond donors (Lipinski definition) is 2. The zero-order valence-corrected chi connectivity index (χ0v) is 15.5. The highest BCUT2D eigenvalue weighted by atomic mass is 35.5. The lowest BCUT2D eigenvalue weighted by Crippen LogP contribution is -2.23. The fourth-order valence-corrected chi connectivity index (χ4v) is 2.65. The molecule has 0 aromatic heterocycles. The van der Waals surface area contributed by atoms with Gasteiger partial charge in [-0.05, 0) is 60.2 Å². The second-order valence-corrected chi connectivity index (χ2v) is 6.47. The lowest BCUT2D eigenvalue weighted by Gasteiger charge is -2.08. The molecule has 5 nitrogen and oxygen atoms in total. The lowest BCUT2D eigenvalue weighted by molar-refractivity contribution is 0.0951. The first-order chi connectivity index (χ1) is 13.5. The minimum absolute atomic E-state index is 0.275. The Labute approximate surface area is 167 Å². The number of nitrogens with zero attached hydrogens (tertiary/aromatic N) is 1. The first-order valence-corrected chi connectivity index (χ1v) is 8.87. The summed E-state index contributed by atoms with van der Waals surface area (Å²) in [6.07, 6.45) is 0. The highest BCUT2D eigenvalue weighted by Crippen LogP contribution is 2.13. The van der Waals surface area contributed by atoms with E-state index in [1.54, 1.807) is 54.6 Å². The minimum atomic E-state index is -0.336. The maximum Gasteiger partial charge on any atom is 0.255 e. The van der Waals surface area contributed by atoms with Gasteiger partial charge in [-0.2, -0.15) is 5.26 Å². The summed E-state index contributed by atoms with van der Waals surface area (Å²) in [7, 11) is 0. The number of halogens is 1. The fourth-order valence-electron chi connectivity index (χ4n) is 2.52. The summed E-state index contributed by atoms with van der Waals surface area (Å²) in [5.74, 6) is -0.611. The Morgan fingerprint density at radius 1 is 0.893 bits per heavy atom. The number of hydrogen-bond acceptors (Lipinski definition) is 3. The molecule has 0 saturated heterocycles. The number of rotatable bonds is 5. The number of carbonyl (C=O) groups excluding carboxylic acids is 2. The van der Waals surface area contributed by atoms with Crippen LogP contribution in [0.4, 0.5) is 5.69 Å². The number of amides is 2. The van der Waals surface area contributed by atoms with Gasteiger partial charge in [0.25, 0.3) is 11.8 Å². The third-order valence-electron chi connectivity index (χ3n) is 4.03. The molecule has 0 fully saturated rings. The number of benzene rings is 3. The van der Waals surface area contributed by atoms with Crippen molar-refractivity contribution in [2.45, 2.75) is 6.54 Å². The van der Waals surface area contributed by atoms with Crippen LogP contribution < -0.4 is 10.6 Å². The molecule has 3 rings (SSSR count). The normalized spacial score (nSPS) is 10.0. The van der Waals surface area contributed by atoms with Crippen LogP contribution in [-0.2, 0) is 6.54 Å². The van der Waals surface area contributed by atoms with E-state index in [1.807, 2.05) is 18.2 Å². The fraction of sp³-hybridized carbons (Fsp3) is 0.0455. The average Bonchev–Trinajstić information content (AvgIpc) is 2.73. The minimum Gasteiger partial charge on any atom is -0.348 e. The maximum absolute atomic E-state index is 12.4. The monoisotopic (exact) mass is 389 g/mol. The highest BCUT2D eigenvalue weighted by molar-refractivity contribution is 6.30. The van der Waals surface area contributed by atoms with Gasteiger partial charge in [0.2, 0.25) is 0 Å². The van der Waals surface area contributed by atoms with E-state index in [0.717, 1.165) is 5.56 Å². The van der Waals surface area contributed by atoms with Gasteiger partial charge >= 0.3 is 0 Å². The Kier molecular flexibility index (Phi) is 6.05. The molecule has 0 unspecified atom stereocenters. The van der Waals surface area contributed by atoms with Crippen molar-refractivity contribution in [3.05, 3.63) is 100 Å². The molecule has 3 aromatic rings. The van der Waals surface area contributed by atoms with E-state index in [-0.39, 0.29) is 11.8 Å². The van der Waals surface area contributed by atoms with Crippen molar-refractivity contribution < 1.29 is 9.59 Å². The average molecular weight is 390 g/mol. The molecule has 0 atom stereocenters. The number of anilines is 1.